The molecule has 0 unspecified atom stereocenters. The number of amides is 1. The highest BCUT2D eigenvalue weighted by Crippen LogP contribution is 2.34. The van der Waals surface area contributed by atoms with Crippen LogP contribution in [0.4, 0.5) is 11.8 Å². The van der Waals surface area contributed by atoms with E-state index in [1.807, 2.05) is 17.7 Å². The van der Waals surface area contributed by atoms with Gasteiger partial charge in [-0.2, -0.15) is 9.97 Å². The van der Waals surface area contributed by atoms with Crippen LogP contribution in [0.3, 0.4) is 0 Å². The number of nitrogens with two attached hydrogens (primary N) is 2. The van der Waals surface area contributed by atoms with Crippen LogP contribution < -0.4 is 11.5 Å². The van der Waals surface area contributed by atoms with Gasteiger partial charge in [0.15, 0.2) is 11.5 Å². The summed E-state index contributed by atoms with van der Waals surface area (Å²) in [5, 5.41) is 22.6. The number of fused-ring (bicyclic) bond motifs is 2. The number of anilines is 2. The van der Waals surface area contributed by atoms with Gasteiger partial charge in [0.25, 0.3) is 0 Å². The van der Waals surface area contributed by atoms with Gasteiger partial charge in [-0.1, -0.05) is 11.6 Å². The van der Waals surface area contributed by atoms with E-state index in [4.69, 9.17) is 23.1 Å². The predicted molar refractivity (Wildman–Crippen MR) is 135 cm³/mol. The lowest BCUT2D eigenvalue weighted by Crippen LogP contribution is -2.42. The number of benzene rings is 1. The first kappa shape index (κ1) is 24.2. The molecule has 1 aromatic carbocycles. The van der Waals surface area contributed by atoms with E-state index in [1.165, 1.54) is 6.33 Å². The summed E-state index contributed by atoms with van der Waals surface area (Å²) >= 11 is 6.09. The van der Waals surface area contributed by atoms with Gasteiger partial charge in [-0.15, -0.1) is 0 Å². The average molecular weight is 514 g/mol. The first-order chi connectivity index (χ1) is 17.0. The Hall–Kier alpha value is -3.48. The maximum Gasteiger partial charge on any atom is 0.224 e. The van der Waals surface area contributed by atoms with Crippen LogP contribution in [0.15, 0.2) is 24.5 Å². The van der Waals surface area contributed by atoms with Crippen molar-refractivity contribution < 1.29 is 15.0 Å². The molecule has 4 aromatic rings. The molecule has 0 spiro atoms. The zero-order chi connectivity index (χ0) is 25.8. The summed E-state index contributed by atoms with van der Waals surface area (Å²) in [7, 11) is 1.90. The summed E-state index contributed by atoms with van der Waals surface area (Å²) in [5.41, 5.74) is 12.8. The van der Waals surface area contributed by atoms with Crippen molar-refractivity contribution in [3.8, 4) is 0 Å². The number of aromatic nitrogens is 6. The fourth-order valence-electron chi connectivity index (χ4n) is 5.01. The number of halogens is 1. The number of hydrogen-bond acceptors (Lipinski definition) is 9. The molecule has 6 N–H and O–H groups in total. The Morgan fingerprint density at radius 1 is 1.25 bits per heavy atom. The van der Waals surface area contributed by atoms with Crippen molar-refractivity contribution in [1.29, 1.82) is 0 Å². The zero-order valence-corrected chi connectivity index (χ0v) is 20.7. The Morgan fingerprint density at radius 3 is 2.81 bits per heavy atom. The third-order valence-electron chi connectivity index (χ3n) is 6.84. The largest absolute Gasteiger partial charge is 0.391 e. The fraction of sp³-hybridized carbons (Fsp3) is 0.435. The summed E-state index contributed by atoms with van der Waals surface area (Å²) in [6.45, 7) is 1.85. The summed E-state index contributed by atoms with van der Waals surface area (Å²) in [6.07, 6.45) is 1.23. The van der Waals surface area contributed by atoms with Gasteiger partial charge >= 0.3 is 0 Å². The van der Waals surface area contributed by atoms with Crippen LogP contribution in [0.25, 0.3) is 22.2 Å². The van der Waals surface area contributed by atoms with Gasteiger partial charge in [-0.3, -0.25) is 4.79 Å². The number of hydrogen-bond donors (Lipinski definition) is 4. The molecule has 3 atom stereocenters. The van der Waals surface area contributed by atoms with E-state index in [9.17, 15) is 15.0 Å². The van der Waals surface area contributed by atoms with Crippen molar-refractivity contribution >= 4 is 51.5 Å². The summed E-state index contributed by atoms with van der Waals surface area (Å²) in [5.74, 6) is 0.690. The molecule has 0 bridgehead atoms. The SMILES string of the molecule is Cn1c(CCC(=O)N2C[C@@H](O)C[C@@](C)(O)[C@H](n3cnc4c(N)nc(N)nc43)C2)nc2cc(Cl)ccc21. The lowest BCUT2D eigenvalue weighted by Gasteiger charge is -2.34. The summed E-state index contributed by atoms with van der Waals surface area (Å²) < 4.78 is 3.59. The lowest BCUT2D eigenvalue weighted by atomic mass is 9.91. The van der Waals surface area contributed by atoms with Crippen molar-refractivity contribution in [2.45, 2.75) is 43.9 Å². The highest BCUT2D eigenvalue weighted by atomic mass is 35.5. The van der Waals surface area contributed by atoms with E-state index in [0.29, 0.717) is 22.6 Å². The quantitative estimate of drug-likeness (QED) is 0.311. The second-order valence-corrected chi connectivity index (χ2v) is 9.98. The van der Waals surface area contributed by atoms with E-state index < -0.39 is 17.7 Å². The number of aliphatic hydroxyl groups excluding tert-OH is 1. The predicted octanol–water partition coefficient (Wildman–Crippen LogP) is 1.05. The van der Waals surface area contributed by atoms with E-state index >= 15 is 0 Å². The molecule has 3 aromatic heterocycles. The molecule has 1 amide bonds. The molecule has 1 fully saturated rings. The molecular formula is C23H28ClN9O3. The van der Waals surface area contributed by atoms with Gasteiger partial charge in [0.1, 0.15) is 11.3 Å². The molecule has 1 saturated heterocycles. The highest BCUT2D eigenvalue weighted by molar-refractivity contribution is 6.31. The number of nitrogens with zero attached hydrogens (tertiary/aromatic N) is 7. The number of rotatable bonds is 4. The molecule has 36 heavy (non-hydrogen) atoms. The van der Waals surface area contributed by atoms with Gasteiger partial charge in [0.05, 0.1) is 35.1 Å². The van der Waals surface area contributed by atoms with Crippen LogP contribution in [0, 0.1) is 0 Å². The van der Waals surface area contributed by atoms with Gasteiger partial charge in [-0.25, -0.2) is 9.97 Å². The zero-order valence-electron chi connectivity index (χ0n) is 20.0. The molecule has 0 saturated carbocycles. The Balaban J connectivity index is 1.41. The standard InChI is InChI=1S/C23H28ClN9O3/c1-23(36)8-13(34)9-32(10-16(23)33-11-27-19-20(25)29-22(26)30-21(19)33)18(35)6-5-17-28-14-7-12(24)3-4-15(14)31(17)2/h3-4,7,11,13,16,34,36H,5-6,8-10H2,1-2H3,(H4,25,26,29,30)/t13-,16+,23+/m0/s1. The van der Waals surface area contributed by atoms with E-state index in [-0.39, 0.29) is 43.6 Å². The Labute approximate surface area is 211 Å². The first-order valence-electron chi connectivity index (χ1n) is 11.6. The van der Waals surface area contributed by atoms with Crippen LogP contribution in [0.5, 0.6) is 0 Å². The number of imidazole rings is 2. The molecule has 1 aliphatic heterocycles. The minimum Gasteiger partial charge on any atom is -0.391 e. The molecule has 0 radical (unpaired) electrons. The Kier molecular flexibility index (Phi) is 5.97. The highest BCUT2D eigenvalue weighted by Gasteiger charge is 2.42. The van der Waals surface area contributed by atoms with Crippen molar-refractivity contribution in [3.63, 3.8) is 0 Å². The second kappa shape index (κ2) is 8.87. The maximum absolute atomic E-state index is 13.3. The van der Waals surface area contributed by atoms with Gasteiger partial charge < -0.3 is 35.7 Å². The normalized spacial score (nSPS) is 22.9. The summed E-state index contributed by atoms with van der Waals surface area (Å²) in [4.78, 5) is 32.0. The van der Waals surface area contributed by atoms with E-state index in [1.54, 1.807) is 28.5 Å². The lowest BCUT2D eigenvalue weighted by molar-refractivity contribution is -0.132. The first-order valence-corrected chi connectivity index (χ1v) is 12.0. The molecule has 5 rings (SSSR count). The van der Waals surface area contributed by atoms with E-state index in [2.05, 4.69) is 19.9 Å². The monoisotopic (exact) mass is 513 g/mol. The van der Waals surface area contributed by atoms with Gasteiger partial charge in [-0.05, 0) is 25.1 Å². The molecule has 0 aliphatic carbocycles. The third-order valence-corrected chi connectivity index (χ3v) is 7.08. The van der Waals surface area contributed by atoms with Crippen LogP contribution in [0.2, 0.25) is 5.02 Å². The number of carbonyl (C=O) groups is 1. The molecule has 1 aliphatic rings. The molecule has 190 valence electrons. The third kappa shape index (κ3) is 4.31. The van der Waals surface area contributed by atoms with Crippen LogP contribution in [0.1, 0.15) is 31.6 Å². The molecule has 4 heterocycles. The number of β-amino-alcohol motifs (C(OH)–C–C–N with tert-alkyl or cyclic N) is 1. The second-order valence-electron chi connectivity index (χ2n) is 9.54. The number of nitrogen functional groups attached to an aromatic ring is 2. The minimum absolute atomic E-state index is 0.0216. The average Bonchev–Trinajstić information content (AvgIpc) is 3.31. The number of likely N-dealkylation sites (tertiary alicyclic amines) is 1. The Bertz CT molecular complexity index is 1460. The van der Waals surface area contributed by atoms with Gasteiger partial charge in [0, 0.05) is 44.4 Å². The number of carbonyl (C=O) groups excluding carboxylic acids is 1. The topological polar surface area (TPSA) is 174 Å². The molecular weight excluding hydrogens is 486 g/mol. The van der Waals surface area contributed by atoms with Gasteiger partial charge in [0.2, 0.25) is 11.9 Å². The van der Waals surface area contributed by atoms with Crippen LogP contribution >= 0.6 is 11.6 Å². The molecule has 13 heteroatoms. The molecule has 12 nitrogen and oxygen atoms in total. The number of aryl methyl sites for hydroxylation is 2. The Morgan fingerprint density at radius 2 is 2.03 bits per heavy atom. The van der Waals surface area contributed by atoms with Crippen LogP contribution in [-0.4, -0.2) is 74.9 Å². The van der Waals surface area contributed by atoms with Crippen molar-refractivity contribution in [1.82, 2.24) is 34.0 Å². The minimum atomic E-state index is -1.37. The summed E-state index contributed by atoms with van der Waals surface area (Å²) in [6, 6.07) is 4.83. The number of aliphatic hydroxyl groups is 2. The van der Waals surface area contributed by atoms with E-state index in [0.717, 1.165) is 16.9 Å². The fourth-order valence-corrected chi connectivity index (χ4v) is 5.18. The van der Waals surface area contributed by atoms with Crippen molar-refractivity contribution in [2.75, 3.05) is 24.6 Å². The van der Waals surface area contributed by atoms with Crippen molar-refractivity contribution in [3.05, 3.63) is 35.4 Å². The maximum atomic E-state index is 13.3. The van der Waals surface area contributed by atoms with Crippen molar-refractivity contribution in [2.24, 2.45) is 7.05 Å². The smallest absolute Gasteiger partial charge is 0.224 e. The van der Waals surface area contributed by atoms with Crippen LogP contribution in [-0.2, 0) is 18.3 Å².